The van der Waals surface area contributed by atoms with Crippen LogP contribution >= 0.6 is 0 Å². The first-order valence-corrected chi connectivity index (χ1v) is 13.1. The number of rotatable bonds is 9. The van der Waals surface area contributed by atoms with Gasteiger partial charge in [0.25, 0.3) is 0 Å². The number of nitrogens with zero attached hydrogens (tertiary/aromatic N) is 4. The minimum absolute atomic E-state index is 0.0216. The Morgan fingerprint density at radius 3 is 2.15 bits per heavy atom. The van der Waals surface area contributed by atoms with Crippen LogP contribution in [0.1, 0.15) is 5.56 Å². The Balaban J connectivity index is 1.67. The van der Waals surface area contributed by atoms with Gasteiger partial charge in [0.15, 0.2) is 0 Å². The molecule has 0 unspecified atom stereocenters. The minimum Gasteiger partial charge on any atom is -0.350 e. The van der Waals surface area contributed by atoms with Gasteiger partial charge in [-0.25, -0.2) is 26.1 Å². The molecule has 0 saturated carbocycles. The second kappa shape index (κ2) is 9.73. The molecule has 1 amide bonds. The van der Waals surface area contributed by atoms with Gasteiger partial charge >= 0.3 is 0 Å². The highest BCUT2D eigenvalue weighted by atomic mass is 32.2. The van der Waals surface area contributed by atoms with Crippen molar-refractivity contribution in [2.75, 3.05) is 31.2 Å². The van der Waals surface area contributed by atoms with Gasteiger partial charge in [0.1, 0.15) is 6.54 Å². The van der Waals surface area contributed by atoms with Crippen molar-refractivity contribution in [2.45, 2.75) is 11.4 Å². The molecule has 33 heavy (non-hydrogen) atoms. The Morgan fingerprint density at radius 1 is 1.00 bits per heavy atom. The second-order valence-electron chi connectivity index (χ2n) is 7.46. The molecule has 0 saturated heterocycles. The zero-order valence-corrected chi connectivity index (χ0v) is 20.0. The largest absolute Gasteiger partial charge is 0.350 e. The van der Waals surface area contributed by atoms with Crippen LogP contribution in [-0.2, 0) is 31.4 Å². The van der Waals surface area contributed by atoms with Gasteiger partial charge in [-0.05, 0) is 42.0 Å². The maximum Gasteiger partial charge on any atom is 0.242 e. The summed E-state index contributed by atoms with van der Waals surface area (Å²) < 4.78 is 52.9. The molecular weight excluding hydrogens is 466 g/mol. The van der Waals surface area contributed by atoms with Gasteiger partial charge in [0, 0.05) is 38.7 Å². The molecule has 0 spiro atoms. The molecular formula is C21H25N5O5S2. The third-order valence-electron chi connectivity index (χ3n) is 4.82. The van der Waals surface area contributed by atoms with E-state index in [4.69, 9.17) is 0 Å². The molecule has 0 aliphatic carbocycles. The predicted octanol–water partition coefficient (Wildman–Crippen LogP) is 1.20. The number of amides is 1. The summed E-state index contributed by atoms with van der Waals surface area (Å²) in [6.07, 6.45) is 6.16. The number of anilines is 1. The van der Waals surface area contributed by atoms with E-state index >= 15 is 0 Å². The van der Waals surface area contributed by atoms with Crippen molar-refractivity contribution < 1.29 is 21.6 Å². The minimum atomic E-state index is -3.79. The van der Waals surface area contributed by atoms with E-state index in [2.05, 4.69) is 10.3 Å². The standard InChI is InChI=1S/C21H25N5O5S2/c1-24(2)33(30,31)20-10-8-19(9-11-20)26(32(3,28)29)15-21(27)23-14-17-4-6-18(7-5-17)25-13-12-22-16-25/h4-13,16H,14-15H2,1-3H3,(H,23,27). The van der Waals surface area contributed by atoms with E-state index in [1.54, 1.807) is 12.5 Å². The lowest BCUT2D eigenvalue weighted by molar-refractivity contribution is -0.119. The zero-order chi connectivity index (χ0) is 24.2. The molecule has 0 atom stereocenters. The highest BCUT2D eigenvalue weighted by Crippen LogP contribution is 2.21. The Morgan fingerprint density at radius 2 is 1.64 bits per heavy atom. The van der Waals surface area contributed by atoms with Crippen molar-refractivity contribution in [3.05, 3.63) is 72.8 Å². The molecule has 1 heterocycles. The van der Waals surface area contributed by atoms with Gasteiger partial charge in [-0.2, -0.15) is 0 Å². The SMILES string of the molecule is CN(C)S(=O)(=O)c1ccc(N(CC(=O)NCc2ccc(-n3ccnc3)cc2)S(C)(=O)=O)cc1. The molecule has 0 bridgehead atoms. The van der Waals surface area contributed by atoms with Gasteiger partial charge in [0.05, 0.1) is 23.2 Å². The summed E-state index contributed by atoms with van der Waals surface area (Å²) in [5.41, 5.74) is 1.96. The normalized spacial score (nSPS) is 12.0. The quantitative estimate of drug-likeness (QED) is 0.480. The van der Waals surface area contributed by atoms with E-state index in [9.17, 15) is 21.6 Å². The van der Waals surface area contributed by atoms with E-state index in [0.29, 0.717) is 0 Å². The van der Waals surface area contributed by atoms with E-state index < -0.39 is 32.5 Å². The number of hydrogen-bond acceptors (Lipinski definition) is 6. The first-order valence-electron chi connectivity index (χ1n) is 9.83. The van der Waals surface area contributed by atoms with Crippen LogP contribution in [0.15, 0.2) is 72.1 Å². The topological polar surface area (TPSA) is 122 Å². The third-order valence-corrected chi connectivity index (χ3v) is 7.79. The molecule has 176 valence electrons. The van der Waals surface area contributed by atoms with Crippen molar-refractivity contribution in [2.24, 2.45) is 0 Å². The lowest BCUT2D eigenvalue weighted by atomic mass is 10.2. The second-order valence-corrected chi connectivity index (χ2v) is 11.5. The summed E-state index contributed by atoms with van der Waals surface area (Å²) in [6.45, 7) is -0.216. The summed E-state index contributed by atoms with van der Waals surface area (Å²) in [7, 11) is -4.63. The zero-order valence-electron chi connectivity index (χ0n) is 18.4. The summed E-state index contributed by atoms with van der Waals surface area (Å²) >= 11 is 0. The van der Waals surface area contributed by atoms with Crippen LogP contribution in [0.3, 0.4) is 0 Å². The first kappa shape index (κ1) is 24.4. The van der Waals surface area contributed by atoms with Crippen molar-refractivity contribution in [1.82, 2.24) is 19.2 Å². The Labute approximate surface area is 193 Å². The number of sulfonamides is 2. The number of imidazole rings is 1. The lowest BCUT2D eigenvalue weighted by Gasteiger charge is -2.22. The fraction of sp³-hybridized carbons (Fsp3) is 0.238. The van der Waals surface area contributed by atoms with Crippen LogP contribution in [0.2, 0.25) is 0 Å². The van der Waals surface area contributed by atoms with Crippen molar-refractivity contribution in [1.29, 1.82) is 0 Å². The molecule has 3 rings (SSSR count). The average molecular weight is 492 g/mol. The molecule has 0 radical (unpaired) electrons. The van der Waals surface area contributed by atoms with Crippen molar-refractivity contribution in [3.8, 4) is 5.69 Å². The highest BCUT2D eigenvalue weighted by Gasteiger charge is 2.22. The number of carbonyl (C=O) groups excluding carboxylic acids is 1. The molecule has 0 aliphatic heterocycles. The van der Waals surface area contributed by atoms with Crippen LogP contribution in [0, 0.1) is 0 Å². The van der Waals surface area contributed by atoms with E-state index in [0.717, 1.165) is 26.1 Å². The van der Waals surface area contributed by atoms with Gasteiger partial charge in [-0.15, -0.1) is 0 Å². The fourth-order valence-corrected chi connectivity index (χ4v) is 4.74. The van der Waals surface area contributed by atoms with E-state index in [1.807, 2.05) is 35.0 Å². The molecule has 2 aromatic carbocycles. The molecule has 0 fully saturated rings. The third kappa shape index (κ3) is 5.97. The molecule has 3 aromatic rings. The lowest BCUT2D eigenvalue weighted by Crippen LogP contribution is -2.40. The van der Waals surface area contributed by atoms with Crippen LogP contribution in [0.25, 0.3) is 5.69 Å². The fourth-order valence-electron chi connectivity index (χ4n) is 2.98. The predicted molar refractivity (Wildman–Crippen MR) is 125 cm³/mol. The summed E-state index contributed by atoms with van der Waals surface area (Å²) in [5, 5.41) is 2.71. The van der Waals surface area contributed by atoms with Crippen LogP contribution in [-0.4, -0.2) is 63.5 Å². The summed E-state index contributed by atoms with van der Waals surface area (Å²) in [6, 6.07) is 12.8. The maximum absolute atomic E-state index is 12.5. The number of nitrogens with one attached hydrogen (secondary N) is 1. The Bertz CT molecular complexity index is 1300. The van der Waals surface area contributed by atoms with Gasteiger partial charge in [0.2, 0.25) is 26.0 Å². The van der Waals surface area contributed by atoms with Gasteiger partial charge in [-0.3, -0.25) is 9.10 Å². The van der Waals surface area contributed by atoms with Gasteiger partial charge < -0.3 is 9.88 Å². The van der Waals surface area contributed by atoms with E-state index in [-0.39, 0.29) is 17.1 Å². The number of benzene rings is 2. The monoisotopic (exact) mass is 491 g/mol. The smallest absolute Gasteiger partial charge is 0.242 e. The van der Waals surface area contributed by atoms with Crippen LogP contribution < -0.4 is 9.62 Å². The highest BCUT2D eigenvalue weighted by molar-refractivity contribution is 7.92. The Hall–Kier alpha value is -3.22. The average Bonchev–Trinajstić information content (AvgIpc) is 3.30. The molecule has 10 nitrogen and oxygen atoms in total. The van der Waals surface area contributed by atoms with E-state index in [1.165, 1.54) is 38.4 Å². The number of hydrogen-bond donors (Lipinski definition) is 1. The van der Waals surface area contributed by atoms with Crippen LogP contribution in [0.4, 0.5) is 5.69 Å². The summed E-state index contributed by atoms with van der Waals surface area (Å²) in [4.78, 5) is 16.5. The van der Waals surface area contributed by atoms with Crippen molar-refractivity contribution in [3.63, 3.8) is 0 Å². The first-order chi connectivity index (χ1) is 15.5. The number of carbonyl (C=O) groups is 1. The maximum atomic E-state index is 12.5. The summed E-state index contributed by atoms with van der Waals surface area (Å²) in [5.74, 6) is -0.496. The molecule has 12 heteroatoms. The Kier molecular flexibility index (Phi) is 7.20. The number of aromatic nitrogens is 2. The molecule has 1 N–H and O–H groups in total. The van der Waals surface area contributed by atoms with Crippen LogP contribution in [0.5, 0.6) is 0 Å². The van der Waals surface area contributed by atoms with Gasteiger partial charge in [-0.1, -0.05) is 12.1 Å². The van der Waals surface area contributed by atoms with Crippen molar-refractivity contribution >= 4 is 31.6 Å². The molecule has 1 aromatic heterocycles. The molecule has 0 aliphatic rings.